The highest BCUT2D eigenvalue weighted by atomic mass is 127. The van der Waals surface area contributed by atoms with Gasteiger partial charge in [-0.3, -0.25) is 0 Å². The Balaban J connectivity index is 3.24. The van der Waals surface area contributed by atoms with Crippen LogP contribution >= 0.6 is 34.2 Å². The molecule has 94 valence electrons. The summed E-state index contributed by atoms with van der Waals surface area (Å²) < 4.78 is 39.7. The maximum atomic E-state index is 12.0. The lowest BCUT2D eigenvalue weighted by Gasteiger charge is -2.09. The van der Waals surface area contributed by atoms with Crippen LogP contribution in [-0.4, -0.2) is 16.3 Å². The summed E-state index contributed by atoms with van der Waals surface area (Å²) in [6.45, 7) is 0. The second-order valence-corrected chi connectivity index (χ2v) is 4.11. The van der Waals surface area contributed by atoms with Gasteiger partial charge in [0.05, 0.1) is 5.88 Å². The van der Waals surface area contributed by atoms with Crippen molar-refractivity contribution in [1.29, 1.82) is 0 Å². The first-order valence-electron chi connectivity index (χ1n) is 3.90. The Morgan fingerprint density at radius 1 is 1.59 bits per heavy atom. The number of nitro groups is 1. The molecular formula is C7H3ClF3IN2O3. The van der Waals surface area contributed by atoms with E-state index in [9.17, 15) is 23.3 Å². The molecule has 0 saturated carbocycles. The van der Waals surface area contributed by atoms with Gasteiger partial charge in [0.1, 0.15) is 3.57 Å². The lowest BCUT2D eigenvalue weighted by molar-refractivity contribution is -0.390. The van der Waals surface area contributed by atoms with Crippen LogP contribution in [0.15, 0.2) is 6.07 Å². The number of pyridine rings is 1. The summed E-state index contributed by atoms with van der Waals surface area (Å²) in [5, 5.41) is 10.5. The molecule has 10 heteroatoms. The Kier molecular flexibility index (Phi) is 4.36. The average Bonchev–Trinajstić information content (AvgIpc) is 2.14. The first-order chi connectivity index (χ1) is 7.74. The summed E-state index contributed by atoms with van der Waals surface area (Å²) in [7, 11) is 0. The SMILES string of the molecule is O=[N+]([O-])c1nc(CCl)c(OC(F)(F)F)cc1I. The van der Waals surface area contributed by atoms with Crippen LogP contribution in [0.4, 0.5) is 19.0 Å². The van der Waals surface area contributed by atoms with Crippen molar-refractivity contribution < 1.29 is 22.8 Å². The van der Waals surface area contributed by atoms with E-state index < -0.39 is 28.7 Å². The molecular weight excluding hydrogens is 379 g/mol. The van der Waals surface area contributed by atoms with Gasteiger partial charge in [0.15, 0.2) is 5.75 Å². The van der Waals surface area contributed by atoms with Gasteiger partial charge in [-0.05, 0) is 32.5 Å². The third-order valence-electron chi connectivity index (χ3n) is 1.52. The first kappa shape index (κ1) is 14.2. The molecule has 1 aromatic heterocycles. The molecule has 0 amide bonds. The van der Waals surface area contributed by atoms with E-state index in [1.54, 1.807) is 0 Å². The summed E-state index contributed by atoms with van der Waals surface area (Å²) in [5.41, 5.74) is -0.337. The van der Waals surface area contributed by atoms with E-state index in [1.807, 2.05) is 0 Å². The van der Waals surface area contributed by atoms with Crippen LogP contribution in [0.5, 0.6) is 5.75 Å². The molecule has 0 saturated heterocycles. The fraction of sp³-hybridized carbons (Fsp3) is 0.286. The van der Waals surface area contributed by atoms with Gasteiger partial charge in [-0.2, -0.15) is 0 Å². The lowest BCUT2D eigenvalue weighted by atomic mass is 10.3. The highest BCUT2D eigenvalue weighted by Gasteiger charge is 2.34. The molecule has 0 radical (unpaired) electrons. The zero-order chi connectivity index (χ0) is 13.2. The number of aromatic nitrogens is 1. The van der Waals surface area contributed by atoms with E-state index in [0.717, 1.165) is 6.07 Å². The van der Waals surface area contributed by atoms with Crippen LogP contribution < -0.4 is 4.74 Å². The quantitative estimate of drug-likeness (QED) is 0.348. The van der Waals surface area contributed by atoms with Gasteiger partial charge >= 0.3 is 12.2 Å². The van der Waals surface area contributed by atoms with Gasteiger partial charge in [-0.25, -0.2) is 0 Å². The standard InChI is InChI=1S/C7H3ClF3IN2O3/c8-2-4-5(17-7(9,10)11)1-3(12)6(13-4)14(15)16/h1H,2H2. The molecule has 0 unspecified atom stereocenters. The maximum Gasteiger partial charge on any atom is 0.573 e. The van der Waals surface area contributed by atoms with E-state index in [-0.39, 0.29) is 9.26 Å². The van der Waals surface area contributed by atoms with Gasteiger partial charge in [0, 0.05) is 6.07 Å². The molecule has 0 atom stereocenters. The molecule has 1 rings (SSSR count). The predicted octanol–water partition coefficient (Wildman–Crippen LogP) is 3.23. The number of ether oxygens (including phenoxy) is 1. The number of nitrogens with zero attached hydrogens (tertiary/aromatic N) is 2. The summed E-state index contributed by atoms with van der Waals surface area (Å²) in [5.74, 6) is -1.62. The normalized spacial score (nSPS) is 11.4. The highest BCUT2D eigenvalue weighted by Crippen LogP contribution is 2.31. The molecule has 0 aliphatic heterocycles. The summed E-state index contributed by atoms with van der Waals surface area (Å²) in [6.07, 6.45) is -4.90. The number of rotatable bonds is 3. The van der Waals surface area contributed by atoms with Crippen molar-refractivity contribution >= 4 is 40.0 Å². The van der Waals surface area contributed by atoms with Gasteiger partial charge < -0.3 is 14.9 Å². The Labute approximate surface area is 111 Å². The number of halogens is 5. The lowest BCUT2D eigenvalue weighted by Crippen LogP contribution is -2.18. The number of alkyl halides is 4. The first-order valence-corrected chi connectivity index (χ1v) is 5.51. The van der Waals surface area contributed by atoms with Crippen LogP contribution in [0.1, 0.15) is 5.69 Å². The predicted molar refractivity (Wildman–Crippen MR) is 59.8 cm³/mol. The third kappa shape index (κ3) is 3.84. The van der Waals surface area contributed by atoms with E-state index in [0.29, 0.717) is 0 Å². The van der Waals surface area contributed by atoms with Crippen molar-refractivity contribution in [3.05, 3.63) is 25.4 Å². The fourth-order valence-corrected chi connectivity index (χ4v) is 1.73. The average molecular weight is 382 g/mol. The minimum Gasteiger partial charge on any atom is -0.401 e. The minimum absolute atomic E-state index is 0.0688. The molecule has 0 aliphatic rings. The number of hydrogen-bond acceptors (Lipinski definition) is 4. The third-order valence-corrected chi connectivity index (χ3v) is 2.57. The Hall–Kier alpha value is -0.840. The monoisotopic (exact) mass is 382 g/mol. The van der Waals surface area contributed by atoms with Crippen LogP contribution in [0.3, 0.4) is 0 Å². The molecule has 0 spiro atoms. The van der Waals surface area contributed by atoms with Crippen molar-refractivity contribution in [2.24, 2.45) is 0 Å². The van der Waals surface area contributed by atoms with E-state index in [1.165, 1.54) is 22.6 Å². The number of hydrogen-bond donors (Lipinski definition) is 0. The largest absolute Gasteiger partial charge is 0.573 e. The summed E-state index contributed by atoms with van der Waals surface area (Å²) in [4.78, 5) is 13.1. The van der Waals surface area contributed by atoms with Gasteiger partial charge in [0.2, 0.25) is 5.69 Å². The van der Waals surface area contributed by atoms with E-state index in [2.05, 4.69) is 9.72 Å². The zero-order valence-electron chi connectivity index (χ0n) is 7.79. The topological polar surface area (TPSA) is 65.3 Å². The summed E-state index contributed by atoms with van der Waals surface area (Å²) >= 11 is 6.85. The highest BCUT2D eigenvalue weighted by molar-refractivity contribution is 14.1. The Bertz CT molecular complexity index is 455. The van der Waals surface area contributed by atoms with Crippen molar-refractivity contribution in [2.75, 3.05) is 0 Å². The molecule has 17 heavy (non-hydrogen) atoms. The molecule has 0 aromatic carbocycles. The van der Waals surface area contributed by atoms with Crippen LogP contribution in [0.25, 0.3) is 0 Å². The zero-order valence-corrected chi connectivity index (χ0v) is 10.7. The Morgan fingerprint density at radius 2 is 2.18 bits per heavy atom. The van der Waals surface area contributed by atoms with Crippen molar-refractivity contribution in [3.8, 4) is 5.75 Å². The Morgan fingerprint density at radius 3 is 2.59 bits per heavy atom. The second kappa shape index (κ2) is 5.21. The second-order valence-electron chi connectivity index (χ2n) is 2.68. The molecule has 0 N–H and O–H groups in total. The van der Waals surface area contributed by atoms with Crippen molar-refractivity contribution in [1.82, 2.24) is 4.98 Å². The van der Waals surface area contributed by atoms with Crippen molar-refractivity contribution in [3.63, 3.8) is 0 Å². The molecule has 1 aromatic rings. The van der Waals surface area contributed by atoms with Crippen LogP contribution in [0, 0.1) is 13.7 Å². The van der Waals surface area contributed by atoms with Gasteiger partial charge in [0.25, 0.3) is 0 Å². The molecule has 5 nitrogen and oxygen atoms in total. The smallest absolute Gasteiger partial charge is 0.401 e. The molecule has 0 bridgehead atoms. The van der Waals surface area contributed by atoms with Crippen molar-refractivity contribution in [2.45, 2.75) is 12.2 Å². The van der Waals surface area contributed by atoms with Gasteiger partial charge in [-0.1, -0.05) is 0 Å². The minimum atomic E-state index is -4.90. The van der Waals surface area contributed by atoms with E-state index in [4.69, 9.17) is 11.6 Å². The van der Waals surface area contributed by atoms with Crippen LogP contribution in [-0.2, 0) is 5.88 Å². The molecule has 1 heterocycles. The van der Waals surface area contributed by atoms with E-state index >= 15 is 0 Å². The molecule has 0 fully saturated rings. The maximum absolute atomic E-state index is 12.0. The molecule has 0 aliphatic carbocycles. The van der Waals surface area contributed by atoms with Gasteiger partial charge in [-0.15, -0.1) is 24.8 Å². The summed E-state index contributed by atoms with van der Waals surface area (Å²) in [6, 6.07) is 0.872. The fourth-order valence-electron chi connectivity index (χ4n) is 0.936. The van der Waals surface area contributed by atoms with Crippen LogP contribution in [0.2, 0.25) is 0 Å².